The van der Waals surface area contributed by atoms with Crippen LogP contribution in [0.1, 0.15) is 17.9 Å². The monoisotopic (exact) mass is 290 g/mol. The van der Waals surface area contributed by atoms with E-state index in [4.69, 9.17) is 4.74 Å². The number of benzene rings is 1. The third-order valence-electron chi connectivity index (χ3n) is 4.08. The second-order valence-corrected chi connectivity index (χ2v) is 5.32. The Morgan fingerprint density at radius 1 is 1.33 bits per heavy atom. The molecule has 2 unspecified atom stereocenters. The number of ether oxygens (including phenoxy) is 1. The largest absolute Gasteiger partial charge is 0.480 e. The van der Waals surface area contributed by atoms with E-state index in [-0.39, 0.29) is 18.4 Å². The van der Waals surface area contributed by atoms with Gasteiger partial charge in [0.1, 0.15) is 0 Å². The van der Waals surface area contributed by atoms with Gasteiger partial charge in [0.25, 0.3) is 0 Å². The summed E-state index contributed by atoms with van der Waals surface area (Å²) in [6.45, 7) is 1.51. The van der Waals surface area contributed by atoms with Gasteiger partial charge in [-0.1, -0.05) is 18.2 Å². The minimum Gasteiger partial charge on any atom is -0.480 e. The number of nitrogens with zero attached hydrogens (tertiary/aromatic N) is 1. The molecule has 0 aliphatic carbocycles. The summed E-state index contributed by atoms with van der Waals surface area (Å²) >= 11 is 0. The van der Waals surface area contributed by atoms with Crippen molar-refractivity contribution in [1.82, 2.24) is 4.90 Å². The molecule has 2 atom stereocenters. The predicted octanol–water partition coefficient (Wildman–Crippen LogP) is 0.898. The summed E-state index contributed by atoms with van der Waals surface area (Å²) in [6, 6.07) is 6.82. The van der Waals surface area contributed by atoms with Crippen molar-refractivity contribution in [2.45, 2.75) is 18.4 Å². The van der Waals surface area contributed by atoms with Crippen LogP contribution in [0.4, 0.5) is 5.69 Å². The molecule has 1 saturated heterocycles. The van der Waals surface area contributed by atoms with Crippen molar-refractivity contribution in [2.75, 3.05) is 31.6 Å². The summed E-state index contributed by atoms with van der Waals surface area (Å²) in [5, 5.41) is 12.5. The van der Waals surface area contributed by atoms with E-state index in [0.29, 0.717) is 19.6 Å². The van der Waals surface area contributed by atoms with E-state index in [2.05, 4.69) is 5.32 Å². The van der Waals surface area contributed by atoms with Crippen LogP contribution in [0.3, 0.4) is 0 Å². The molecule has 6 heteroatoms. The molecule has 21 heavy (non-hydrogen) atoms. The van der Waals surface area contributed by atoms with E-state index in [9.17, 15) is 14.7 Å². The molecule has 1 fully saturated rings. The lowest BCUT2D eigenvalue weighted by atomic mass is 9.89. The van der Waals surface area contributed by atoms with E-state index in [1.165, 1.54) is 4.90 Å². The molecule has 0 bridgehead atoms. The number of rotatable bonds is 2. The molecule has 2 aliphatic heterocycles. The zero-order valence-corrected chi connectivity index (χ0v) is 11.6. The molecule has 6 nitrogen and oxygen atoms in total. The van der Waals surface area contributed by atoms with Gasteiger partial charge in [-0.2, -0.15) is 0 Å². The maximum Gasteiger partial charge on any atom is 0.328 e. The summed E-state index contributed by atoms with van der Waals surface area (Å²) in [5.74, 6) is -1.40. The van der Waals surface area contributed by atoms with Crippen molar-refractivity contribution in [1.29, 1.82) is 0 Å². The number of carbonyl (C=O) groups is 2. The summed E-state index contributed by atoms with van der Waals surface area (Å²) in [5.41, 5.74) is 1.91. The fraction of sp³-hybridized carbons (Fsp3) is 0.467. The quantitative estimate of drug-likeness (QED) is 0.846. The van der Waals surface area contributed by atoms with Crippen LogP contribution in [0.2, 0.25) is 0 Å². The molecule has 0 spiro atoms. The Bertz CT molecular complexity index is 560. The molecule has 1 amide bonds. The second kappa shape index (κ2) is 5.73. The predicted molar refractivity (Wildman–Crippen MR) is 76.2 cm³/mol. The number of carbonyl (C=O) groups excluding carboxylic acids is 1. The van der Waals surface area contributed by atoms with Crippen LogP contribution in [0.25, 0.3) is 0 Å². The lowest BCUT2D eigenvalue weighted by Crippen LogP contribution is -2.54. The van der Waals surface area contributed by atoms with E-state index < -0.39 is 12.0 Å². The van der Waals surface area contributed by atoms with Gasteiger partial charge in [0.15, 0.2) is 6.04 Å². The number of amides is 1. The maximum atomic E-state index is 12.8. The number of nitrogens with one attached hydrogen (secondary N) is 1. The molecule has 2 aliphatic rings. The first-order valence-corrected chi connectivity index (χ1v) is 7.12. The minimum atomic E-state index is -1.01. The van der Waals surface area contributed by atoms with Crippen molar-refractivity contribution >= 4 is 17.6 Å². The number of anilines is 1. The average Bonchev–Trinajstić information content (AvgIpc) is 2.53. The average molecular weight is 290 g/mol. The molecule has 112 valence electrons. The number of aliphatic carboxylic acids is 1. The van der Waals surface area contributed by atoms with Gasteiger partial charge >= 0.3 is 5.97 Å². The fourth-order valence-corrected chi connectivity index (χ4v) is 3.00. The molecular weight excluding hydrogens is 272 g/mol. The van der Waals surface area contributed by atoms with E-state index >= 15 is 0 Å². The number of hydrogen-bond acceptors (Lipinski definition) is 4. The first-order chi connectivity index (χ1) is 10.2. The molecular formula is C15H18N2O4. The molecule has 1 aromatic rings. The fourth-order valence-electron chi connectivity index (χ4n) is 3.00. The molecule has 0 aromatic heterocycles. The molecule has 0 saturated carbocycles. The Kier molecular flexibility index (Phi) is 3.79. The van der Waals surface area contributed by atoms with Gasteiger partial charge in [0, 0.05) is 18.8 Å². The lowest BCUT2D eigenvalue weighted by molar-refractivity contribution is -0.159. The van der Waals surface area contributed by atoms with E-state index in [1.807, 2.05) is 24.3 Å². The number of carboxylic acids is 1. The summed E-state index contributed by atoms with van der Waals surface area (Å²) < 4.78 is 5.19. The Morgan fingerprint density at radius 2 is 2.14 bits per heavy atom. The van der Waals surface area contributed by atoms with Gasteiger partial charge < -0.3 is 20.1 Å². The smallest absolute Gasteiger partial charge is 0.328 e. The van der Waals surface area contributed by atoms with Crippen LogP contribution in [0, 0.1) is 0 Å². The Labute approximate surface area is 122 Å². The van der Waals surface area contributed by atoms with Crippen LogP contribution >= 0.6 is 0 Å². The highest BCUT2D eigenvalue weighted by molar-refractivity contribution is 5.90. The highest BCUT2D eigenvalue weighted by Crippen LogP contribution is 2.33. The Morgan fingerprint density at radius 3 is 2.95 bits per heavy atom. The first-order valence-electron chi connectivity index (χ1n) is 7.12. The number of morpholine rings is 1. The highest BCUT2D eigenvalue weighted by Gasteiger charge is 2.37. The van der Waals surface area contributed by atoms with Crippen molar-refractivity contribution < 1.29 is 19.4 Å². The molecule has 3 rings (SSSR count). The molecule has 2 heterocycles. The van der Waals surface area contributed by atoms with Crippen molar-refractivity contribution in [3.05, 3.63) is 29.8 Å². The zero-order chi connectivity index (χ0) is 14.8. The molecule has 1 aromatic carbocycles. The van der Waals surface area contributed by atoms with Crippen molar-refractivity contribution in [3.8, 4) is 0 Å². The number of para-hydroxylation sites is 1. The first kappa shape index (κ1) is 13.9. The SMILES string of the molecule is O=C(O)C1COCCN1C(=O)C1CCNc2ccccc21. The van der Waals surface area contributed by atoms with Gasteiger partial charge in [0.05, 0.1) is 19.1 Å². The maximum absolute atomic E-state index is 12.8. The van der Waals surface area contributed by atoms with Gasteiger partial charge in [-0.3, -0.25) is 4.79 Å². The van der Waals surface area contributed by atoms with Crippen LogP contribution in [-0.2, 0) is 14.3 Å². The molecule has 0 radical (unpaired) electrons. The second-order valence-electron chi connectivity index (χ2n) is 5.32. The van der Waals surface area contributed by atoms with Gasteiger partial charge in [-0.05, 0) is 18.1 Å². The Balaban J connectivity index is 1.86. The third-order valence-corrected chi connectivity index (χ3v) is 4.08. The summed E-state index contributed by atoms with van der Waals surface area (Å²) in [4.78, 5) is 25.6. The minimum absolute atomic E-state index is 0.0632. The van der Waals surface area contributed by atoms with Gasteiger partial charge in [0.2, 0.25) is 5.91 Å². The van der Waals surface area contributed by atoms with E-state index in [0.717, 1.165) is 17.8 Å². The van der Waals surface area contributed by atoms with Gasteiger partial charge in [-0.25, -0.2) is 4.79 Å². The van der Waals surface area contributed by atoms with Crippen LogP contribution in [-0.4, -0.2) is 54.2 Å². The van der Waals surface area contributed by atoms with Crippen LogP contribution < -0.4 is 5.32 Å². The summed E-state index contributed by atoms with van der Waals surface area (Å²) in [6.07, 6.45) is 0.680. The summed E-state index contributed by atoms with van der Waals surface area (Å²) in [7, 11) is 0. The molecule has 2 N–H and O–H groups in total. The highest BCUT2D eigenvalue weighted by atomic mass is 16.5. The lowest BCUT2D eigenvalue weighted by Gasteiger charge is -2.37. The third kappa shape index (κ3) is 2.58. The van der Waals surface area contributed by atoms with Crippen LogP contribution in [0.15, 0.2) is 24.3 Å². The number of carboxylic acid groups (broad SMARTS) is 1. The number of hydrogen-bond donors (Lipinski definition) is 2. The van der Waals surface area contributed by atoms with Crippen molar-refractivity contribution in [3.63, 3.8) is 0 Å². The van der Waals surface area contributed by atoms with E-state index in [1.54, 1.807) is 0 Å². The standard InChI is InChI=1S/C15H18N2O4/c18-14(17-7-8-21-9-13(17)15(19)20)11-5-6-16-12-4-2-1-3-10(11)12/h1-4,11,13,16H,5-9H2,(H,19,20). The normalized spacial score (nSPS) is 24.9. The van der Waals surface area contributed by atoms with Crippen molar-refractivity contribution in [2.24, 2.45) is 0 Å². The number of fused-ring (bicyclic) bond motifs is 1. The van der Waals surface area contributed by atoms with Crippen LogP contribution in [0.5, 0.6) is 0 Å². The Hall–Kier alpha value is -2.08. The topological polar surface area (TPSA) is 78.9 Å². The zero-order valence-electron chi connectivity index (χ0n) is 11.6. The van der Waals surface area contributed by atoms with Gasteiger partial charge in [-0.15, -0.1) is 0 Å².